The number of nitrogens with one attached hydrogen (secondary N) is 1. The van der Waals surface area contributed by atoms with Gasteiger partial charge in [0.25, 0.3) is 0 Å². The summed E-state index contributed by atoms with van der Waals surface area (Å²) in [6.45, 7) is 10.8. The Bertz CT molecular complexity index is 1500. The van der Waals surface area contributed by atoms with Crippen LogP contribution in [0.5, 0.6) is 5.75 Å². The highest BCUT2D eigenvalue weighted by molar-refractivity contribution is 6.62. The summed E-state index contributed by atoms with van der Waals surface area (Å²) in [6, 6.07) is 21.4. The molecule has 1 saturated heterocycles. The van der Waals surface area contributed by atoms with Crippen LogP contribution in [-0.2, 0) is 20.7 Å². The Morgan fingerprint density at radius 2 is 1.55 bits per heavy atom. The maximum absolute atomic E-state index is 12.7. The van der Waals surface area contributed by atoms with Gasteiger partial charge in [-0.15, -0.1) is 0 Å². The molecule has 1 fully saturated rings. The van der Waals surface area contributed by atoms with Gasteiger partial charge in [0.05, 0.1) is 16.8 Å². The lowest BCUT2D eigenvalue weighted by molar-refractivity contribution is -0.116. The minimum Gasteiger partial charge on any atom is -0.488 e. The Morgan fingerprint density at radius 3 is 2.25 bits per heavy atom. The molecule has 0 radical (unpaired) electrons. The van der Waals surface area contributed by atoms with Crippen LogP contribution in [0.2, 0.25) is 0 Å². The molecule has 1 aliphatic rings. The molecule has 1 amide bonds. The van der Waals surface area contributed by atoms with Crippen LogP contribution in [0.4, 0.5) is 5.69 Å². The third-order valence-corrected chi connectivity index (χ3v) is 8.69. The van der Waals surface area contributed by atoms with Crippen molar-refractivity contribution in [3.63, 3.8) is 0 Å². The van der Waals surface area contributed by atoms with Gasteiger partial charge in [0.2, 0.25) is 11.8 Å². The second-order valence-corrected chi connectivity index (χ2v) is 12.7. The average Bonchev–Trinajstić information content (AvgIpc) is 3.53. The highest BCUT2D eigenvalue weighted by Gasteiger charge is 2.51. The summed E-state index contributed by atoms with van der Waals surface area (Å²) in [6.07, 6.45) is 8.72. The van der Waals surface area contributed by atoms with Gasteiger partial charge < -0.3 is 23.8 Å². The number of ether oxygens (including phenoxy) is 1. The fraction of sp³-hybridized carbons (Fsp3) is 0.444. The van der Waals surface area contributed by atoms with Crippen molar-refractivity contribution in [3.8, 4) is 17.2 Å². The third-order valence-electron chi connectivity index (χ3n) is 8.69. The van der Waals surface area contributed by atoms with Gasteiger partial charge in [-0.3, -0.25) is 4.79 Å². The first-order chi connectivity index (χ1) is 21.1. The normalized spacial score (nSPS) is 15.5. The van der Waals surface area contributed by atoms with E-state index < -0.39 is 7.12 Å². The van der Waals surface area contributed by atoms with Gasteiger partial charge in [0.15, 0.2) is 5.58 Å². The number of rotatable bonds is 14. The summed E-state index contributed by atoms with van der Waals surface area (Å²) in [5, 5.41) is 3.05. The second kappa shape index (κ2) is 14.0. The Kier molecular flexibility index (Phi) is 10.1. The molecule has 0 spiro atoms. The molecule has 232 valence electrons. The molecule has 5 rings (SSSR count). The number of oxazole rings is 1. The maximum Gasteiger partial charge on any atom is 0.494 e. The van der Waals surface area contributed by atoms with Crippen molar-refractivity contribution < 1.29 is 23.3 Å². The molecule has 0 bridgehead atoms. The zero-order valence-electron chi connectivity index (χ0n) is 26.8. The number of anilines is 1. The van der Waals surface area contributed by atoms with Crippen molar-refractivity contribution in [1.82, 2.24) is 4.98 Å². The second-order valence-electron chi connectivity index (χ2n) is 12.7. The molecule has 3 aromatic carbocycles. The SMILES string of the molecule is CCCCCCCCCC(=O)Nc1ccc(OCc2ccc(B3OC(C)(C)C(C)(C)O3)cc2)c(-c2nc3ccccc3o2)c1. The number of hydrogen-bond donors (Lipinski definition) is 1. The molecule has 1 N–H and O–H groups in total. The van der Waals surface area contributed by atoms with Gasteiger partial charge >= 0.3 is 7.12 Å². The minimum atomic E-state index is -0.408. The molecule has 0 aliphatic carbocycles. The fourth-order valence-corrected chi connectivity index (χ4v) is 5.27. The van der Waals surface area contributed by atoms with Crippen molar-refractivity contribution in [1.29, 1.82) is 0 Å². The first-order valence-corrected chi connectivity index (χ1v) is 16.0. The van der Waals surface area contributed by atoms with Crippen molar-refractivity contribution in [3.05, 3.63) is 72.3 Å². The average molecular weight is 597 g/mol. The molecule has 0 unspecified atom stereocenters. The van der Waals surface area contributed by atoms with Crippen LogP contribution in [0.3, 0.4) is 0 Å². The van der Waals surface area contributed by atoms with Gasteiger partial charge in [0.1, 0.15) is 17.9 Å². The van der Waals surface area contributed by atoms with E-state index in [4.69, 9.17) is 23.4 Å². The highest BCUT2D eigenvalue weighted by atomic mass is 16.7. The molecular weight excluding hydrogens is 551 g/mol. The first-order valence-electron chi connectivity index (χ1n) is 16.0. The van der Waals surface area contributed by atoms with Crippen molar-refractivity contribution >= 4 is 35.3 Å². The Hall–Kier alpha value is -3.62. The number of hydrogen-bond acceptors (Lipinski definition) is 6. The van der Waals surface area contributed by atoms with Gasteiger partial charge in [0, 0.05) is 12.1 Å². The summed E-state index contributed by atoms with van der Waals surface area (Å²) in [4.78, 5) is 17.4. The lowest BCUT2D eigenvalue weighted by Gasteiger charge is -2.32. The molecular formula is C36H45BN2O5. The number of benzene rings is 3. The van der Waals surface area contributed by atoms with E-state index in [9.17, 15) is 4.79 Å². The number of fused-ring (bicyclic) bond motifs is 1. The van der Waals surface area contributed by atoms with Gasteiger partial charge in [-0.2, -0.15) is 0 Å². The van der Waals surface area contributed by atoms with E-state index in [0.29, 0.717) is 41.5 Å². The standard InChI is InChI=1S/C36H45BN2O5/c1-6-7-8-9-10-11-12-17-33(40)38-28-22-23-31(29(24-28)34-39-30-15-13-14-16-32(30)42-34)41-25-26-18-20-27(21-19-26)37-43-35(2,3)36(4,5)44-37/h13-16,18-24H,6-12,17,25H2,1-5H3,(H,38,40). The number of carbonyl (C=O) groups is 1. The summed E-state index contributed by atoms with van der Waals surface area (Å²) in [5.74, 6) is 1.08. The number of para-hydroxylation sites is 2. The van der Waals surface area contributed by atoms with E-state index in [-0.39, 0.29) is 17.1 Å². The zero-order valence-corrected chi connectivity index (χ0v) is 26.8. The monoisotopic (exact) mass is 596 g/mol. The molecule has 4 aromatic rings. The van der Waals surface area contributed by atoms with E-state index in [1.165, 1.54) is 32.1 Å². The molecule has 0 saturated carbocycles. The number of amides is 1. The molecule has 0 atom stereocenters. The van der Waals surface area contributed by atoms with E-state index in [1.54, 1.807) is 0 Å². The van der Waals surface area contributed by atoms with E-state index in [2.05, 4.69) is 39.9 Å². The smallest absolute Gasteiger partial charge is 0.488 e. The number of carbonyl (C=O) groups excluding carboxylic acids is 1. The van der Waals surface area contributed by atoms with Crippen LogP contribution in [0, 0.1) is 0 Å². The predicted molar refractivity (Wildman–Crippen MR) is 177 cm³/mol. The Morgan fingerprint density at radius 1 is 0.864 bits per heavy atom. The van der Waals surface area contributed by atoms with Crippen LogP contribution in [0.15, 0.2) is 71.1 Å². The third kappa shape index (κ3) is 7.72. The molecule has 2 heterocycles. The van der Waals surface area contributed by atoms with E-state index in [0.717, 1.165) is 29.4 Å². The minimum absolute atomic E-state index is 0.0119. The summed E-state index contributed by atoms with van der Waals surface area (Å²) in [5.41, 5.74) is 4.02. The van der Waals surface area contributed by atoms with Crippen molar-refractivity contribution in [2.24, 2.45) is 0 Å². The van der Waals surface area contributed by atoms with Gasteiger partial charge in [-0.25, -0.2) is 4.98 Å². The Labute approximate surface area is 261 Å². The van der Waals surface area contributed by atoms with Crippen LogP contribution in [0.25, 0.3) is 22.6 Å². The molecule has 8 heteroatoms. The Balaban J connectivity index is 1.26. The molecule has 7 nitrogen and oxygen atoms in total. The summed E-state index contributed by atoms with van der Waals surface area (Å²) in [7, 11) is -0.408. The zero-order chi connectivity index (χ0) is 31.2. The maximum atomic E-state index is 12.7. The lowest BCUT2D eigenvalue weighted by Crippen LogP contribution is -2.41. The van der Waals surface area contributed by atoms with Crippen molar-refractivity contribution in [2.45, 2.75) is 104 Å². The topological polar surface area (TPSA) is 82.8 Å². The van der Waals surface area contributed by atoms with Crippen LogP contribution >= 0.6 is 0 Å². The van der Waals surface area contributed by atoms with Crippen molar-refractivity contribution in [2.75, 3.05) is 5.32 Å². The van der Waals surface area contributed by atoms with Gasteiger partial charge in [-0.1, -0.05) is 81.8 Å². The summed E-state index contributed by atoms with van der Waals surface area (Å²) >= 11 is 0. The molecule has 1 aliphatic heterocycles. The van der Waals surface area contributed by atoms with E-state index in [1.807, 2.05) is 66.7 Å². The summed E-state index contributed by atoms with van der Waals surface area (Å²) < 4.78 is 24.8. The lowest BCUT2D eigenvalue weighted by atomic mass is 9.79. The number of unbranched alkanes of at least 4 members (excludes halogenated alkanes) is 6. The van der Waals surface area contributed by atoms with Gasteiger partial charge in [-0.05, 0) is 75.5 Å². The first kappa shape index (κ1) is 31.8. The largest absolute Gasteiger partial charge is 0.494 e. The van der Waals surface area contributed by atoms with Crippen LogP contribution in [-0.4, -0.2) is 29.2 Å². The van der Waals surface area contributed by atoms with Crippen LogP contribution < -0.4 is 15.5 Å². The number of aromatic nitrogens is 1. The quantitative estimate of drug-likeness (QED) is 0.116. The predicted octanol–water partition coefficient (Wildman–Crippen LogP) is 8.45. The van der Waals surface area contributed by atoms with Crippen LogP contribution in [0.1, 0.15) is 91.5 Å². The van der Waals surface area contributed by atoms with E-state index >= 15 is 0 Å². The fourth-order valence-electron chi connectivity index (χ4n) is 5.27. The number of nitrogens with zero attached hydrogens (tertiary/aromatic N) is 1. The molecule has 1 aromatic heterocycles. The molecule has 44 heavy (non-hydrogen) atoms. The highest BCUT2D eigenvalue weighted by Crippen LogP contribution is 2.37.